The van der Waals surface area contributed by atoms with Gasteiger partial charge in [0, 0.05) is 5.41 Å². The highest BCUT2D eigenvalue weighted by Gasteiger charge is 2.78. The van der Waals surface area contributed by atoms with Crippen molar-refractivity contribution in [3.8, 4) is 0 Å². The third-order valence-electron chi connectivity index (χ3n) is 7.31. The van der Waals surface area contributed by atoms with Crippen LogP contribution in [0.1, 0.15) is 47.0 Å². The van der Waals surface area contributed by atoms with Gasteiger partial charge in [0.15, 0.2) is 0 Å². The Balaban J connectivity index is 2.19. The lowest BCUT2D eigenvalue weighted by Crippen LogP contribution is -2.48. The summed E-state index contributed by atoms with van der Waals surface area (Å²) in [4.78, 5) is 0. The van der Waals surface area contributed by atoms with E-state index in [-0.39, 0.29) is 11.3 Å². The molecule has 3 saturated carbocycles. The first-order valence-corrected chi connectivity index (χ1v) is 7.29. The SMILES string of the molecule is C[C@@H]1CC[C@]23C1C[C@H](O)[C@@]2(C)[C@H](O)[C@](C)(O)[C@H]3C. The highest BCUT2D eigenvalue weighted by atomic mass is 16.3. The Morgan fingerprint density at radius 3 is 2.33 bits per heavy atom. The number of rotatable bonds is 0. The maximum absolute atomic E-state index is 10.7. The topological polar surface area (TPSA) is 60.7 Å². The van der Waals surface area contributed by atoms with Crippen LogP contribution in [0.15, 0.2) is 0 Å². The monoisotopic (exact) mass is 254 g/mol. The number of hydrogen-bond donors (Lipinski definition) is 3. The quantitative estimate of drug-likeness (QED) is 0.614. The van der Waals surface area contributed by atoms with E-state index in [2.05, 4.69) is 13.8 Å². The molecule has 3 N–H and O–H groups in total. The van der Waals surface area contributed by atoms with Crippen molar-refractivity contribution in [2.45, 2.75) is 64.8 Å². The van der Waals surface area contributed by atoms with Gasteiger partial charge in [-0.1, -0.05) is 20.8 Å². The lowest BCUT2D eigenvalue weighted by Gasteiger charge is -2.43. The number of aliphatic hydroxyl groups excluding tert-OH is 2. The van der Waals surface area contributed by atoms with E-state index in [0.717, 1.165) is 19.3 Å². The zero-order valence-electron chi connectivity index (χ0n) is 11.8. The second kappa shape index (κ2) is 3.31. The summed E-state index contributed by atoms with van der Waals surface area (Å²) in [5, 5.41) is 31.9. The fourth-order valence-electron chi connectivity index (χ4n) is 6.07. The minimum atomic E-state index is -1.08. The van der Waals surface area contributed by atoms with Gasteiger partial charge in [-0.2, -0.15) is 0 Å². The van der Waals surface area contributed by atoms with Gasteiger partial charge >= 0.3 is 0 Å². The third-order valence-corrected chi connectivity index (χ3v) is 7.31. The minimum absolute atomic E-state index is 0.0390. The first-order chi connectivity index (χ1) is 8.20. The molecule has 3 rings (SSSR count). The van der Waals surface area contributed by atoms with Crippen LogP contribution in [0.5, 0.6) is 0 Å². The Bertz CT molecular complexity index is 380. The predicted octanol–water partition coefficient (Wildman–Crippen LogP) is 1.55. The first-order valence-electron chi connectivity index (χ1n) is 7.29. The molecule has 8 atom stereocenters. The molecule has 3 nitrogen and oxygen atoms in total. The van der Waals surface area contributed by atoms with E-state index in [1.54, 1.807) is 6.92 Å². The molecule has 3 aliphatic rings. The Labute approximate surface area is 109 Å². The normalized spacial score (nSPS) is 67.2. The summed E-state index contributed by atoms with van der Waals surface area (Å²) >= 11 is 0. The van der Waals surface area contributed by atoms with E-state index in [1.165, 1.54) is 0 Å². The fraction of sp³-hybridized carbons (Fsp3) is 1.00. The van der Waals surface area contributed by atoms with Gasteiger partial charge in [0.05, 0.1) is 17.8 Å². The molecule has 0 amide bonds. The van der Waals surface area contributed by atoms with Crippen LogP contribution < -0.4 is 0 Å². The van der Waals surface area contributed by atoms with Crippen LogP contribution in [0.4, 0.5) is 0 Å². The minimum Gasteiger partial charge on any atom is -0.392 e. The molecule has 0 aliphatic heterocycles. The summed E-state index contributed by atoms with van der Waals surface area (Å²) < 4.78 is 0. The molecule has 18 heavy (non-hydrogen) atoms. The Morgan fingerprint density at radius 2 is 1.72 bits per heavy atom. The molecule has 0 bridgehead atoms. The molecule has 0 heterocycles. The van der Waals surface area contributed by atoms with Crippen LogP contribution in [-0.4, -0.2) is 33.1 Å². The van der Waals surface area contributed by atoms with Crippen LogP contribution in [0.25, 0.3) is 0 Å². The summed E-state index contributed by atoms with van der Waals surface area (Å²) in [6.07, 6.45) is 1.65. The molecule has 3 aliphatic carbocycles. The van der Waals surface area contributed by atoms with Crippen molar-refractivity contribution < 1.29 is 15.3 Å². The smallest absolute Gasteiger partial charge is 0.0915 e. The average molecular weight is 254 g/mol. The summed E-state index contributed by atoms with van der Waals surface area (Å²) in [6, 6.07) is 0. The summed E-state index contributed by atoms with van der Waals surface area (Å²) in [6.45, 7) is 8.06. The molecule has 0 radical (unpaired) electrons. The second-order valence-corrected chi connectivity index (χ2v) is 7.55. The fourth-order valence-corrected chi connectivity index (χ4v) is 6.07. The van der Waals surface area contributed by atoms with Crippen molar-refractivity contribution in [2.75, 3.05) is 0 Å². The molecule has 0 saturated heterocycles. The molecule has 3 heteroatoms. The number of hydrogen-bond acceptors (Lipinski definition) is 3. The molecule has 0 aromatic rings. The zero-order valence-corrected chi connectivity index (χ0v) is 11.8. The van der Waals surface area contributed by atoms with Crippen molar-refractivity contribution >= 4 is 0 Å². The van der Waals surface area contributed by atoms with E-state index in [0.29, 0.717) is 11.8 Å². The highest BCUT2D eigenvalue weighted by molar-refractivity contribution is 5.26. The molecule has 104 valence electrons. The highest BCUT2D eigenvalue weighted by Crippen LogP contribution is 2.75. The van der Waals surface area contributed by atoms with Crippen LogP contribution in [0.2, 0.25) is 0 Å². The molecule has 1 unspecified atom stereocenters. The molecule has 0 aromatic heterocycles. The Morgan fingerprint density at radius 1 is 1.11 bits per heavy atom. The second-order valence-electron chi connectivity index (χ2n) is 7.55. The Hall–Kier alpha value is -0.120. The van der Waals surface area contributed by atoms with E-state index in [9.17, 15) is 15.3 Å². The van der Waals surface area contributed by atoms with Gasteiger partial charge in [0.2, 0.25) is 0 Å². The van der Waals surface area contributed by atoms with Gasteiger partial charge in [-0.3, -0.25) is 0 Å². The summed E-state index contributed by atoms with van der Waals surface area (Å²) in [5.41, 5.74) is -1.72. The standard InChI is InChI=1S/C15H26O3/c1-8-5-6-15-9(2)14(4,18)12(17)13(15,3)11(16)7-10(8)15/h8-12,16-18H,5-7H2,1-4H3/t8-,9-,10?,11+,12+,13+,14-,15+/m1/s1. The van der Waals surface area contributed by atoms with Crippen molar-refractivity contribution in [1.29, 1.82) is 0 Å². The maximum atomic E-state index is 10.7. The van der Waals surface area contributed by atoms with E-state index < -0.39 is 23.2 Å². The molecular formula is C15H26O3. The van der Waals surface area contributed by atoms with Gasteiger partial charge in [-0.25, -0.2) is 0 Å². The van der Waals surface area contributed by atoms with Crippen LogP contribution >= 0.6 is 0 Å². The van der Waals surface area contributed by atoms with Crippen molar-refractivity contribution in [3.05, 3.63) is 0 Å². The Kier molecular flexibility index (Phi) is 2.37. The first kappa shape index (κ1) is 12.9. The number of aliphatic hydroxyl groups is 3. The zero-order chi connectivity index (χ0) is 13.5. The largest absolute Gasteiger partial charge is 0.392 e. The van der Waals surface area contributed by atoms with Gasteiger partial charge < -0.3 is 15.3 Å². The predicted molar refractivity (Wildman–Crippen MR) is 68.8 cm³/mol. The van der Waals surface area contributed by atoms with Crippen LogP contribution in [-0.2, 0) is 0 Å². The molecular weight excluding hydrogens is 228 g/mol. The van der Waals surface area contributed by atoms with Gasteiger partial charge in [0.25, 0.3) is 0 Å². The molecule has 1 spiro atoms. The van der Waals surface area contributed by atoms with E-state index >= 15 is 0 Å². The van der Waals surface area contributed by atoms with Crippen LogP contribution in [0.3, 0.4) is 0 Å². The maximum Gasteiger partial charge on any atom is 0.0915 e. The van der Waals surface area contributed by atoms with E-state index in [1.807, 2.05) is 6.92 Å². The van der Waals surface area contributed by atoms with Gasteiger partial charge in [0.1, 0.15) is 0 Å². The lowest BCUT2D eigenvalue weighted by molar-refractivity contribution is -0.119. The molecule has 0 aromatic carbocycles. The molecule has 3 fully saturated rings. The lowest BCUT2D eigenvalue weighted by atomic mass is 9.61. The van der Waals surface area contributed by atoms with Crippen molar-refractivity contribution in [3.63, 3.8) is 0 Å². The average Bonchev–Trinajstić information content (AvgIpc) is 2.78. The van der Waals surface area contributed by atoms with Gasteiger partial charge in [-0.05, 0) is 49.4 Å². The summed E-state index contributed by atoms with van der Waals surface area (Å²) in [5.74, 6) is 1.07. The van der Waals surface area contributed by atoms with Crippen LogP contribution in [0, 0.1) is 28.6 Å². The van der Waals surface area contributed by atoms with Crippen molar-refractivity contribution in [2.24, 2.45) is 28.6 Å². The third kappa shape index (κ3) is 1.01. The van der Waals surface area contributed by atoms with Gasteiger partial charge in [-0.15, -0.1) is 0 Å². The summed E-state index contributed by atoms with van der Waals surface area (Å²) in [7, 11) is 0. The van der Waals surface area contributed by atoms with E-state index in [4.69, 9.17) is 0 Å². The van der Waals surface area contributed by atoms with Crippen molar-refractivity contribution in [1.82, 2.24) is 0 Å².